The molecule has 2 rings (SSSR count). The van der Waals surface area contributed by atoms with Crippen molar-refractivity contribution < 1.29 is 4.79 Å². The van der Waals surface area contributed by atoms with Crippen molar-refractivity contribution in [2.75, 3.05) is 0 Å². The number of nitrogens with zero attached hydrogens (tertiary/aromatic N) is 3. The number of hydrogen-bond donors (Lipinski definition) is 0. The predicted octanol–water partition coefficient (Wildman–Crippen LogP) is 2.61. The van der Waals surface area contributed by atoms with Gasteiger partial charge in [0.25, 0.3) is 0 Å². The molecule has 0 N–H and O–H groups in total. The summed E-state index contributed by atoms with van der Waals surface area (Å²) in [6.07, 6.45) is 1.58. The van der Waals surface area contributed by atoms with Crippen LogP contribution in [-0.2, 0) is 13.5 Å². The van der Waals surface area contributed by atoms with E-state index in [-0.39, 0.29) is 12.2 Å². The molecule has 0 aliphatic carbocycles. The number of carbonyl (C=O) groups is 1. The number of aromatic nitrogens is 3. The van der Waals surface area contributed by atoms with E-state index in [9.17, 15) is 4.79 Å². The van der Waals surface area contributed by atoms with Gasteiger partial charge < -0.3 is 0 Å². The molecule has 0 fully saturated rings. The van der Waals surface area contributed by atoms with Crippen LogP contribution in [0.2, 0.25) is 8.67 Å². The number of halogens is 2. The Kier molecular flexibility index (Phi) is 3.28. The van der Waals surface area contributed by atoms with Crippen LogP contribution in [0.25, 0.3) is 0 Å². The lowest BCUT2D eigenvalue weighted by Gasteiger charge is -1.98. The van der Waals surface area contributed by atoms with Gasteiger partial charge in [-0.25, -0.2) is 4.98 Å². The molecule has 0 amide bonds. The molecule has 4 nitrogen and oxygen atoms in total. The van der Waals surface area contributed by atoms with E-state index in [1.165, 1.54) is 17.7 Å². The lowest BCUT2D eigenvalue weighted by Crippen LogP contribution is -2.08. The van der Waals surface area contributed by atoms with Crippen molar-refractivity contribution in [1.29, 1.82) is 0 Å². The summed E-state index contributed by atoms with van der Waals surface area (Å²) in [4.78, 5) is 15.9. The number of hydrogen-bond acceptors (Lipinski definition) is 4. The molecule has 84 valence electrons. The molecule has 0 aliphatic rings. The Hall–Kier alpha value is -0.910. The number of ketones is 1. The van der Waals surface area contributed by atoms with Crippen molar-refractivity contribution in [3.63, 3.8) is 0 Å². The molecular weight excluding hydrogens is 269 g/mol. The van der Waals surface area contributed by atoms with Crippen molar-refractivity contribution in [2.24, 2.45) is 7.05 Å². The zero-order chi connectivity index (χ0) is 11.7. The van der Waals surface area contributed by atoms with Crippen molar-refractivity contribution in [1.82, 2.24) is 14.8 Å². The van der Waals surface area contributed by atoms with E-state index in [4.69, 9.17) is 23.2 Å². The van der Waals surface area contributed by atoms with Crippen LogP contribution in [0.15, 0.2) is 12.4 Å². The predicted molar refractivity (Wildman–Crippen MR) is 63.4 cm³/mol. The second kappa shape index (κ2) is 4.53. The number of Topliss-reactive ketones (excluding diaryl/α,β-unsaturated/α-hetero) is 1. The zero-order valence-electron chi connectivity index (χ0n) is 8.28. The number of carbonyl (C=O) groups excluding carboxylic acids is 1. The van der Waals surface area contributed by atoms with E-state index in [1.807, 2.05) is 0 Å². The monoisotopic (exact) mass is 275 g/mol. The summed E-state index contributed by atoms with van der Waals surface area (Å²) in [5.74, 6) is 0.493. The van der Waals surface area contributed by atoms with Gasteiger partial charge in [-0.3, -0.25) is 9.48 Å². The lowest BCUT2D eigenvalue weighted by atomic mass is 10.1. The minimum absolute atomic E-state index is 0.107. The van der Waals surface area contributed by atoms with Gasteiger partial charge in [0.05, 0.1) is 10.8 Å². The molecule has 0 atom stereocenters. The third-order valence-electron chi connectivity index (χ3n) is 2.08. The minimum Gasteiger partial charge on any atom is -0.294 e. The first-order valence-corrected chi connectivity index (χ1v) is 5.96. The van der Waals surface area contributed by atoms with Crippen LogP contribution >= 0.6 is 34.5 Å². The molecule has 2 heterocycles. The molecular formula is C9H7Cl2N3OS. The molecule has 0 bridgehead atoms. The highest BCUT2D eigenvalue weighted by atomic mass is 35.5. The van der Waals surface area contributed by atoms with E-state index >= 15 is 0 Å². The molecule has 0 spiro atoms. The van der Waals surface area contributed by atoms with E-state index < -0.39 is 0 Å². The molecule has 0 unspecified atom stereocenters. The van der Waals surface area contributed by atoms with Crippen LogP contribution in [0.5, 0.6) is 0 Å². The van der Waals surface area contributed by atoms with Crippen LogP contribution in [0.1, 0.15) is 16.2 Å². The van der Waals surface area contributed by atoms with Crippen molar-refractivity contribution >= 4 is 40.3 Å². The summed E-state index contributed by atoms with van der Waals surface area (Å²) < 4.78 is 2.48. The largest absolute Gasteiger partial charge is 0.294 e. The van der Waals surface area contributed by atoms with Crippen LogP contribution in [-0.4, -0.2) is 20.5 Å². The third-order valence-corrected chi connectivity index (χ3v) is 3.57. The first-order valence-electron chi connectivity index (χ1n) is 4.39. The zero-order valence-corrected chi connectivity index (χ0v) is 10.6. The van der Waals surface area contributed by atoms with E-state index in [1.54, 1.807) is 17.8 Å². The van der Waals surface area contributed by atoms with Gasteiger partial charge in [0.2, 0.25) is 0 Å². The first-order chi connectivity index (χ1) is 7.58. The Bertz CT molecular complexity index is 535. The second-order valence-corrected chi connectivity index (χ2v) is 5.42. The Morgan fingerprint density at radius 3 is 2.81 bits per heavy atom. The van der Waals surface area contributed by atoms with Gasteiger partial charge in [-0.05, 0) is 6.07 Å². The quantitative estimate of drug-likeness (QED) is 0.809. The van der Waals surface area contributed by atoms with Gasteiger partial charge in [-0.15, -0.1) is 11.3 Å². The highest BCUT2D eigenvalue weighted by Crippen LogP contribution is 2.31. The maximum Gasteiger partial charge on any atom is 0.172 e. The second-order valence-electron chi connectivity index (χ2n) is 3.14. The van der Waals surface area contributed by atoms with Gasteiger partial charge in [0.15, 0.2) is 5.78 Å². The fraction of sp³-hybridized carbons (Fsp3) is 0.222. The Balaban J connectivity index is 2.21. The third kappa shape index (κ3) is 2.26. The van der Waals surface area contributed by atoms with Crippen LogP contribution < -0.4 is 0 Å². The standard InChI is InChI=1S/C9H7Cl2N3OS/c1-14-8(12-4-13-14)3-6(15)5-2-7(10)16-9(5)11/h2,4H,3H2,1H3. The molecule has 0 saturated heterocycles. The van der Waals surface area contributed by atoms with Gasteiger partial charge >= 0.3 is 0 Å². The Morgan fingerprint density at radius 2 is 2.31 bits per heavy atom. The van der Waals surface area contributed by atoms with Gasteiger partial charge in [-0.2, -0.15) is 5.10 Å². The Morgan fingerprint density at radius 1 is 1.56 bits per heavy atom. The van der Waals surface area contributed by atoms with Gasteiger partial charge in [-0.1, -0.05) is 23.2 Å². The normalized spacial score (nSPS) is 10.7. The summed E-state index contributed by atoms with van der Waals surface area (Å²) >= 11 is 12.8. The van der Waals surface area contributed by atoms with Gasteiger partial charge in [0.1, 0.15) is 16.5 Å². The summed E-state index contributed by atoms with van der Waals surface area (Å²) in [5, 5.41) is 3.89. The smallest absolute Gasteiger partial charge is 0.172 e. The van der Waals surface area contributed by atoms with E-state index in [0.717, 1.165) is 0 Å². The minimum atomic E-state index is -0.107. The summed E-state index contributed by atoms with van der Waals surface area (Å²) in [7, 11) is 1.73. The number of aryl methyl sites for hydroxylation is 1. The van der Waals surface area contributed by atoms with Crippen molar-refractivity contribution in [3.8, 4) is 0 Å². The van der Waals surface area contributed by atoms with E-state index in [0.29, 0.717) is 20.1 Å². The SMILES string of the molecule is Cn1ncnc1CC(=O)c1cc(Cl)sc1Cl. The molecule has 0 radical (unpaired) electrons. The van der Waals surface area contributed by atoms with Crippen LogP contribution in [0.3, 0.4) is 0 Å². The molecule has 0 saturated carbocycles. The van der Waals surface area contributed by atoms with Crippen molar-refractivity contribution in [3.05, 3.63) is 32.5 Å². The summed E-state index contributed by atoms with van der Waals surface area (Å²) in [5.41, 5.74) is 0.444. The average molecular weight is 276 g/mol. The lowest BCUT2D eigenvalue weighted by molar-refractivity contribution is 0.0990. The number of rotatable bonds is 3. The molecule has 16 heavy (non-hydrogen) atoms. The maximum absolute atomic E-state index is 11.9. The van der Waals surface area contributed by atoms with Crippen molar-refractivity contribution in [2.45, 2.75) is 6.42 Å². The molecule has 2 aromatic rings. The Labute approximate surface area is 106 Å². The topological polar surface area (TPSA) is 47.8 Å². The molecule has 7 heteroatoms. The average Bonchev–Trinajstić information content (AvgIpc) is 2.74. The summed E-state index contributed by atoms with van der Waals surface area (Å²) in [6, 6.07) is 1.58. The molecule has 2 aromatic heterocycles. The summed E-state index contributed by atoms with van der Waals surface area (Å²) in [6.45, 7) is 0. The van der Waals surface area contributed by atoms with Gasteiger partial charge in [0, 0.05) is 12.6 Å². The maximum atomic E-state index is 11.9. The number of thiophene rings is 1. The fourth-order valence-electron chi connectivity index (χ4n) is 1.25. The highest BCUT2D eigenvalue weighted by molar-refractivity contribution is 7.20. The molecule has 0 aliphatic heterocycles. The van der Waals surface area contributed by atoms with Crippen LogP contribution in [0, 0.1) is 0 Å². The molecule has 0 aromatic carbocycles. The fourth-order valence-corrected chi connectivity index (χ4v) is 2.75. The van der Waals surface area contributed by atoms with E-state index in [2.05, 4.69) is 10.1 Å². The van der Waals surface area contributed by atoms with Crippen LogP contribution in [0.4, 0.5) is 0 Å². The highest BCUT2D eigenvalue weighted by Gasteiger charge is 2.16. The first kappa shape index (κ1) is 11.6.